The Balaban J connectivity index is 2.67. The van der Waals surface area contributed by atoms with Gasteiger partial charge in [0.05, 0.1) is 13.2 Å². The van der Waals surface area contributed by atoms with Crippen molar-refractivity contribution < 1.29 is 19.4 Å². The van der Waals surface area contributed by atoms with Crippen LogP contribution in [0, 0.1) is 5.92 Å². The fourth-order valence-corrected chi connectivity index (χ4v) is 5.20. The predicted molar refractivity (Wildman–Crippen MR) is 127 cm³/mol. The number of hydrogen-bond donors (Lipinski definition) is 1. The van der Waals surface area contributed by atoms with E-state index in [-0.39, 0.29) is 22.9 Å². The number of unbranched alkanes of at least 4 members (excludes halogenated alkanes) is 6. The molecule has 5 heteroatoms. The molecule has 3 atom stereocenters. The molecule has 4 nitrogen and oxygen atoms in total. The molecular weight excluding hydrogens is 396 g/mol. The van der Waals surface area contributed by atoms with E-state index < -0.39 is 6.10 Å². The second-order valence-corrected chi connectivity index (χ2v) is 9.55. The largest absolute Gasteiger partial charge is 0.469 e. The highest BCUT2D eigenvalue weighted by molar-refractivity contribution is 7.99. The fourth-order valence-electron chi connectivity index (χ4n) is 3.73. The van der Waals surface area contributed by atoms with E-state index in [4.69, 9.17) is 0 Å². The van der Waals surface area contributed by atoms with Crippen molar-refractivity contribution in [1.82, 2.24) is 0 Å². The van der Waals surface area contributed by atoms with Crippen molar-refractivity contribution in [2.24, 2.45) is 5.92 Å². The molecule has 0 saturated heterocycles. The third-order valence-corrected chi connectivity index (χ3v) is 7.03. The summed E-state index contributed by atoms with van der Waals surface area (Å²) in [6.07, 6.45) is 16.8. The van der Waals surface area contributed by atoms with Crippen molar-refractivity contribution in [3.8, 4) is 0 Å². The van der Waals surface area contributed by atoms with Gasteiger partial charge in [-0.1, -0.05) is 64.2 Å². The van der Waals surface area contributed by atoms with E-state index >= 15 is 0 Å². The van der Waals surface area contributed by atoms with Crippen molar-refractivity contribution in [2.75, 3.05) is 12.9 Å². The van der Waals surface area contributed by atoms with Gasteiger partial charge in [0.25, 0.3) is 0 Å². The maximum Gasteiger partial charge on any atom is 0.305 e. The van der Waals surface area contributed by atoms with Gasteiger partial charge in [-0.25, -0.2) is 0 Å². The van der Waals surface area contributed by atoms with Gasteiger partial charge in [0, 0.05) is 24.0 Å². The lowest BCUT2D eigenvalue weighted by Gasteiger charge is -2.17. The summed E-state index contributed by atoms with van der Waals surface area (Å²) in [5.41, 5.74) is 0.925. The van der Waals surface area contributed by atoms with Crippen LogP contribution in [-0.4, -0.2) is 41.1 Å². The van der Waals surface area contributed by atoms with Crippen molar-refractivity contribution in [3.05, 3.63) is 23.8 Å². The van der Waals surface area contributed by atoms with Crippen LogP contribution in [0.4, 0.5) is 0 Å². The molecule has 0 aromatic rings. The normalized spacial score (nSPS) is 21.6. The van der Waals surface area contributed by atoms with Gasteiger partial charge in [0.15, 0.2) is 5.78 Å². The molecule has 0 radical (unpaired) electrons. The summed E-state index contributed by atoms with van der Waals surface area (Å²) in [6, 6.07) is 0. The number of ether oxygens (including phenoxy) is 1. The summed E-state index contributed by atoms with van der Waals surface area (Å²) >= 11 is 1.90. The number of esters is 1. The molecule has 0 unspecified atom stereocenters. The summed E-state index contributed by atoms with van der Waals surface area (Å²) in [7, 11) is 1.42. The number of methoxy groups -OCH3 is 1. The fraction of sp³-hybridized carbons (Fsp3) is 0.760. The molecule has 30 heavy (non-hydrogen) atoms. The number of aliphatic hydroxyl groups excluding tert-OH is 1. The first kappa shape index (κ1) is 27.0. The molecule has 0 heterocycles. The van der Waals surface area contributed by atoms with Crippen molar-refractivity contribution in [1.29, 1.82) is 0 Å². The van der Waals surface area contributed by atoms with Crippen molar-refractivity contribution in [3.63, 3.8) is 0 Å². The molecule has 1 saturated carbocycles. The summed E-state index contributed by atoms with van der Waals surface area (Å²) in [5, 5.41) is 10.6. The molecule has 0 aromatic carbocycles. The molecule has 1 fully saturated rings. The van der Waals surface area contributed by atoms with Gasteiger partial charge in [0.1, 0.15) is 0 Å². The number of Topliss-reactive ketones (excluding diaryl/α,β-unsaturated/α-hetero) is 1. The number of ketones is 1. The molecule has 0 aliphatic heterocycles. The number of hydrogen-bond acceptors (Lipinski definition) is 5. The van der Waals surface area contributed by atoms with Crippen LogP contribution in [0.15, 0.2) is 23.8 Å². The van der Waals surface area contributed by atoms with Crippen molar-refractivity contribution in [2.45, 2.75) is 102 Å². The zero-order chi connectivity index (χ0) is 22.2. The van der Waals surface area contributed by atoms with Gasteiger partial charge >= 0.3 is 5.97 Å². The Labute approximate surface area is 187 Å². The number of carbonyl (C=O) groups is 2. The zero-order valence-electron chi connectivity index (χ0n) is 19.2. The second-order valence-electron chi connectivity index (χ2n) is 8.20. The second kappa shape index (κ2) is 16.6. The minimum atomic E-state index is -0.423. The smallest absolute Gasteiger partial charge is 0.305 e. The Morgan fingerprint density at radius 1 is 1.17 bits per heavy atom. The number of thioether (sulfide) groups is 1. The monoisotopic (exact) mass is 438 g/mol. The average Bonchev–Trinajstić information content (AvgIpc) is 3.03. The van der Waals surface area contributed by atoms with Crippen LogP contribution in [-0.2, 0) is 14.3 Å². The molecule has 1 rings (SSSR count). The first-order valence-electron chi connectivity index (χ1n) is 11.8. The van der Waals surface area contributed by atoms with Gasteiger partial charge in [-0.05, 0) is 43.4 Å². The third kappa shape index (κ3) is 10.8. The third-order valence-electron chi connectivity index (χ3n) is 5.62. The summed E-state index contributed by atoms with van der Waals surface area (Å²) < 4.78 is 4.67. The number of carbonyl (C=O) groups excluding carboxylic acids is 2. The Bertz CT molecular complexity index is 555. The predicted octanol–water partition coefficient (Wildman–Crippen LogP) is 6.02. The molecule has 172 valence electrons. The van der Waals surface area contributed by atoms with Crippen LogP contribution in [0.1, 0.15) is 90.9 Å². The molecule has 0 bridgehead atoms. The van der Waals surface area contributed by atoms with Crippen LogP contribution < -0.4 is 0 Å². The lowest BCUT2D eigenvalue weighted by atomic mass is 9.98. The van der Waals surface area contributed by atoms with Crippen LogP contribution in [0.25, 0.3) is 0 Å². The Morgan fingerprint density at radius 3 is 2.63 bits per heavy atom. The van der Waals surface area contributed by atoms with Crippen LogP contribution >= 0.6 is 11.8 Å². The lowest BCUT2D eigenvalue weighted by molar-refractivity contribution is -0.140. The summed E-state index contributed by atoms with van der Waals surface area (Å²) in [4.78, 5) is 23.9. The van der Waals surface area contributed by atoms with Crippen LogP contribution in [0.2, 0.25) is 0 Å². The Morgan fingerprint density at radius 2 is 1.93 bits per heavy atom. The summed E-state index contributed by atoms with van der Waals surface area (Å²) in [5.74, 6) is 1.29. The van der Waals surface area contributed by atoms with E-state index in [1.165, 1.54) is 20.0 Å². The molecule has 1 aliphatic carbocycles. The maximum absolute atomic E-state index is 12.7. The number of rotatable bonds is 16. The molecule has 0 aromatic heterocycles. The van der Waals surface area contributed by atoms with E-state index in [0.717, 1.165) is 62.7 Å². The molecular formula is C25H42O4S. The molecule has 1 N–H and O–H groups in total. The minimum Gasteiger partial charge on any atom is -0.469 e. The van der Waals surface area contributed by atoms with Gasteiger partial charge in [-0.3, -0.25) is 9.59 Å². The molecule has 0 amide bonds. The van der Waals surface area contributed by atoms with Crippen LogP contribution in [0.3, 0.4) is 0 Å². The Hall–Kier alpha value is -1.07. The van der Waals surface area contributed by atoms with Gasteiger partial charge in [-0.15, -0.1) is 0 Å². The molecule has 0 spiro atoms. The Kier molecular flexibility index (Phi) is 14.9. The highest BCUT2D eigenvalue weighted by Gasteiger charge is 2.36. The van der Waals surface area contributed by atoms with E-state index in [2.05, 4.69) is 30.7 Å². The van der Waals surface area contributed by atoms with Gasteiger partial charge in [-0.2, -0.15) is 11.8 Å². The highest BCUT2D eigenvalue weighted by Crippen LogP contribution is 2.38. The topological polar surface area (TPSA) is 63.6 Å². The van der Waals surface area contributed by atoms with Gasteiger partial charge < -0.3 is 9.84 Å². The first-order chi connectivity index (χ1) is 14.5. The quantitative estimate of drug-likeness (QED) is 0.138. The average molecular weight is 439 g/mol. The van der Waals surface area contributed by atoms with Crippen molar-refractivity contribution >= 4 is 23.5 Å². The highest BCUT2D eigenvalue weighted by atomic mass is 32.2. The first-order valence-corrected chi connectivity index (χ1v) is 12.9. The van der Waals surface area contributed by atoms with E-state index in [9.17, 15) is 14.7 Å². The summed E-state index contributed by atoms with van der Waals surface area (Å²) in [6.45, 7) is 4.35. The lowest BCUT2D eigenvalue weighted by Crippen LogP contribution is -2.11. The number of aliphatic hydroxyl groups is 1. The van der Waals surface area contributed by atoms with Crippen LogP contribution in [0.5, 0.6) is 0 Å². The number of allylic oxidation sites excluding steroid dienone is 3. The standard InChI is InChI=1S/C25H42O4S/c1-4-6-10-13-20(26)16-17-22-21(14-11-8-9-12-15-25(28)29-3)23(27)19-24(22)30-18-7-5-2/h14,16-17,20,22,24,26H,4-13,15,18-19H2,1-3H3/b17-16+,21-14-/t20-,22+,24+/m0/s1. The zero-order valence-corrected chi connectivity index (χ0v) is 20.1. The van der Waals surface area contributed by atoms with E-state index in [1.807, 2.05) is 17.8 Å². The van der Waals surface area contributed by atoms with E-state index in [0.29, 0.717) is 12.8 Å². The SMILES string of the molecule is CCCCC[C@H](O)/C=C/[C@@H]1/C(=C/CCCCCC(=O)OC)C(=O)C[C@H]1SCCCC. The minimum absolute atomic E-state index is 0.107. The van der Waals surface area contributed by atoms with E-state index in [1.54, 1.807) is 0 Å². The molecule has 1 aliphatic rings. The van der Waals surface area contributed by atoms with Gasteiger partial charge in [0.2, 0.25) is 0 Å². The maximum atomic E-state index is 12.7.